The molecule has 0 aliphatic rings. The molecule has 1 rings (SSSR count). The summed E-state index contributed by atoms with van der Waals surface area (Å²) in [6.45, 7) is 1.64. The highest BCUT2D eigenvalue weighted by Crippen LogP contribution is 2.23. The summed E-state index contributed by atoms with van der Waals surface area (Å²) in [6.07, 6.45) is 0. The molecule has 0 aromatic heterocycles. The predicted molar refractivity (Wildman–Crippen MR) is 75.2 cm³/mol. The second-order valence-corrected chi connectivity index (χ2v) is 7.02. The Morgan fingerprint density at radius 2 is 2.19 bits per heavy atom. The first-order chi connectivity index (χ1) is 7.36. The lowest BCUT2D eigenvalue weighted by Gasteiger charge is -2.14. The lowest BCUT2D eigenvalue weighted by molar-refractivity contribution is 0.589. The third-order valence-electron chi connectivity index (χ3n) is 2.04. The molecule has 1 unspecified atom stereocenters. The summed E-state index contributed by atoms with van der Waals surface area (Å²) in [7, 11) is -3.42. The van der Waals surface area contributed by atoms with Crippen molar-refractivity contribution in [2.24, 2.45) is 5.73 Å². The topological polar surface area (TPSA) is 72.2 Å². The van der Waals surface area contributed by atoms with Crippen molar-refractivity contribution in [3.63, 3.8) is 0 Å². The Balaban J connectivity index is 2.97. The van der Waals surface area contributed by atoms with E-state index < -0.39 is 15.3 Å². The predicted octanol–water partition coefficient (Wildman–Crippen LogP) is 2.03. The zero-order chi connectivity index (χ0) is 12.3. The average Bonchev–Trinajstić information content (AvgIpc) is 2.21. The second kappa shape index (κ2) is 5.52. The number of sulfonamides is 1. The van der Waals surface area contributed by atoms with Gasteiger partial charge in [0.05, 0.1) is 10.9 Å². The molecule has 1 aromatic rings. The molecule has 1 atom stereocenters. The molecule has 0 aliphatic heterocycles. The normalized spacial score (nSPS) is 13.5. The van der Waals surface area contributed by atoms with Gasteiger partial charge in [-0.3, -0.25) is 4.72 Å². The van der Waals surface area contributed by atoms with E-state index >= 15 is 0 Å². The van der Waals surface area contributed by atoms with Crippen molar-refractivity contribution >= 4 is 49.9 Å². The molecule has 0 saturated carbocycles. The maximum atomic E-state index is 11.7. The van der Waals surface area contributed by atoms with Crippen LogP contribution in [0.25, 0.3) is 0 Å². The highest BCUT2D eigenvalue weighted by Gasteiger charge is 2.19. The molecule has 1 aromatic carbocycles. The van der Waals surface area contributed by atoms with E-state index in [9.17, 15) is 8.42 Å². The summed E-state index contributed by atoms with van der Waals surface area (Å²) in [5.74, 6) is 0. The molecular weight excluding hydrogens is 363 g/mol. The van der Waals surface area contributed by atoms with Crippen LogP contribution in [-0.4, -0.2) is 20.2 Å². The van der Waals surface area contributed by atoms with E-state index in [-0.39, 0.29) is 6.54 Å². The van der Waals surface area contributed by atoms with Crippen molar-refractivity contribution < 1.29 is 8.42 Å². The molecule has 7 heteroatoms. The molecule has 0 fully saturated rings. The molecule has 16 heavy (non-hydrogen) atoms. The van der Waals surface area contributed by atoms with E-state index in [2.05, 4.69) is 4.72 Å². The fraction of sp³-hybridized carbons (Fsp3) is 0.333. The van der Waals surface area contributed by atoms with Gasteiger partial charge >= 0.3 is 0 Å². The summed E-state index contributed by atoms with van der Waals surface area (Å²) in [5.41, 5.74) is 5.85. The van der Waals surface area contributed by atoms with Crippen LogP contribution in [0.4, 0.5) is 5.69 Å². The molecule has 0 heterocycles. The number of rotatable bonds is 4. The van der Waals surface area contributed by atoms with Crippen LogP contribution in [0.1, 0.15) is 6.92 Å². The zero-order valence-corrected chi connectivity index (χ0v) is 12.3. The summed E-state index contributed by atoms with van der Waals surface area (Å²) < 4.78 is 26.7. The minimum absolute atomic E-state index is 0.0828. The molecule has 0 saturated heterocycles. The monoisotopic (exact) mass is 374 g/mol. The first-order valence-electron chi connectivity index (χ1n) is 4.53. The number of halogens is 2. The van der Waals surface area contributed by atoms with E-state index in [0.29, 0.717) is 10.7 Å². The summed E-state index contributed by atoms with van der Waals surface area (Å²) in [4.78, 5) is 0. The van der Waals surface area contributed by atoms with Gasteiger partial charge in [0, 0.05) is 15.1 Å². The van der Waals surface area contributed by atoms with Crippen molar-refractivity contribution in [1.29, 1.82) is 0 Å². The Morgan fingerprint density at radius 1 is 1.56 bits per heavy atom. The van der Waals surface area contributed by atoms with Crippen LogP contribution in [0, 0.1) is 3.57 Å². The van der Waals surface area contributed by atoms with Gasteiger partial charge in [-0.2, -0.15) is 0 Å². The Morgan fingerprint density at radius 3 is 2.69 bits per heavy atom. The van der Waals surface area contributed by atoms with E-state index in [0.717, 1.165) is 3.57 Å². The first kappa shape index (κ1) is 14.0. The van der Waals surface area contributed by atoms with Gasteiger partial charge in [-0.15, -0.1) is 0 Å². The second-order valence-electron chi connectivity index (χ2n) is 3.32. The van der Waals surface area contributed by atoms with Crippen molar-refractivity contribution in [2.45, 2.75) is 12.2 Å². The number of hydrogen-bond donors (Lipinski definition) is 2. The van der Waals surface area contributed by atoms with Crippen LogP contribution in [0.3, 0.4) is 0 Å². The smallest absolute Gasteiger partial charge is 0.236 e. The molecule has 0 bridgehead atoms. The van der Waals surface area contributed by atoms with E-state index in [1.165, 1.54) is 0 Å². The quantitative estimate of drug-likeness (QED) is 0.792. The summed E-state index contributed by atoms with van der Waals surface area (Å²) in [6, 6.07) is 4.95. The molecule has 0 aliphatic carbocycles. The summed E-state index contributed by atoms with van der Waals surface area (Å²) in [5, 5.41) is -0.0572. The Hall–Kier alpha value is -0.0500. The Labute approximate surface area is 114 Å². The van der Waals surface area contributed by atoms with E-state index in [4.69, 9.17) is 17.3 Å². The molecule has 3 N–H and O–H groups in total. The fourth-order valence-corrected chi connectivity index (χ4v) is 3.08. The van der Waals surface area contributed by atoms with Gasteiger partial charge in [-0.25, -0.2) is 8.42 Å². The van der Waals surface area contributed by atoms with Crippen molar-refractivity contribution in [3.05, 3.63) is 26.8 Å². The Bertz CT molecular complexity index is 478. The highest BCUT2D eigenvalue weighted by molar-refractivity contribution is 14.1. The first-order valence-corrected chi connectivity index (χ1v) is 7.54. The third kappa shape index (κ3) is 3.47. The van der Waals surface area contributed by atoms with Crippen molar-refractivity contribution in [3.8, 4) is 0 Å². The molecular formula is C9H12ClIN2O2S. The standard InChI is InChI=1S/C9H12ClIN2O2S/c1-6(5-12)16(14,15)13-9-3-2-7(10)4-8(9)11/h2-4,6,13H,5,12H2,1H3. The van der Waals surface area contributed by atoms with E-state index in [1.54, 1.807) is 25.1 Å². The minimum Gasteiger partial charge on any atom is -0.329 e. The average molecular weight is 375 g/mol. The number of hydrogen-bond acceptors (Lipinski definition) is 3. The van der Waals surface area contributed by atoms with Gasteiger partial charge in [0.2, 0.25) is 10.0 Å². The van der Waals surface area contributed by atoms with Crippen LogP contribution in [-0.2, 0) is 10.0 Å². The van der Waals surface area contributed by atoms with Crippen LogP contribution in [0.5, 0.6) is 0 Å². The zero-order valence-electron chi connectivity index (χ0n) is 8.57. The molecule has 0 amide bonds. The minimum atomic E-state index is -3.42. The van der Waals surface area contributed by atoms with Crippen molar-refractivity contribution in [1.82, 2.24) is 0 Å². The lowest BCUT2D eigenvalue weighted by atomic mass is 10.3. The van der Waals surface area contributed by atoms with Gasteiger partial charge < -0.3 is 5.73 Å². The largest absolute Gasteiger partial charge is 0.329 e. The SMILES string of the molecule is CC(CN)S(=O)(=O)Nc1ccc(Cl)cc1I. The van der Waals surface area contributed by atoms with Gasteiger partial charge in [0.15, 0.2) is 0 Å². The number of nitrogens with one attached hydrogen (secondary N) is 1. The van der Waals surface area contributed by atoms with Crippen LogP contribution in [0.2, 0.25) is 5.02 Å². The lowest BCUT2D eigenvalue weighted by Crippen LogP contribution is -2.31. The maximum Gasteiger partial charge on any atom is 0.236 e. The van der Waals surface area contributed by atoms with Crippen LogP contribution >= 0.6 is 34.2 Å². The number of benzene rings is 1. The van der Waals surface area contributed by atoms with Gasteiger partial charge in [0.1, 0.15) is 0 Å². The number of nitrogens with two attached hydrogens (primary N) is 1. The Kier molecular flexibility index (Phi) is 4.84. The van der Waals surface area contributed by atoms with Crippen molar-refractivity contribution in [2.75, 3.05) is 11.3 Å². The van der Waals surface area contributed by atoms with Gasteiger partial charge in [-0.05, 0) is 47.7 Å². The fourth-order valence-electron chi connectivity index (χ4n) is 0.953. The number of anilines is 1. The molecule has 0 spiro atoms. The van der Waals surface area contributed by atoms with Gasteiger partial charge in [0.25, 0.3) is 0 Å². The van der Waals surface area contributed by atoms with E-state index in [1.807, 2.05) is 22.6 Å². The van der Waals surface area contributed by atoms with Crippen LogP contribution < -0.4 is 10.5 Å². The summed E-state index contributed by atoms with van der Waals surface area (Å²) >= 11 is 7.79. The highest BCUT2D eigenvalue weighted by atomic mass is 127. The molecule has 4 nitrogen and oxygen atoms in total. The third-order valence-corrected chi connectivity index (χ3v) is 4.93. The maximum absolute atomic E-state index is 11.7. The molecule has 0 radical (unpaired) electrons. The molecule has 90 valence electrons. The van der Waals surface area contributed by atoms with Gasteiger partial charge in [-0.1, -0.05) is 11.6 Å². The van der Waals surface area contributed by atoms with Crippen LogP contribution in [0.15, 0.2) is 18.2 Å².